The van der Waals surface area contributed by atoms with Crippen molar-refractivity contribution in [3.05, 3.63) is 39.9 Å². The normalized spacial score (nSPS) is 14.5. The largest absolute Gasteiger partial charge is 0.481 e. The minimum absolute atomic E-state index is 0.0794. The summed E-state index contributed by atoms with van der Waals surface area (Å²) in [6.07, 6.45) is 2.61. The molecule has 1 aromatic carbocycles. The first-order valence-corrected chi connectivity index (χ1v) is 7.62. The first-order chi connectivity index (χ1) is 10.5. The van der Waals surface area contributed by atoms with Crippen molar-refractivity contribution in [2.45, 2.75) is 12.8 Å². The molecule has 7 heteroatoms. The molecule has 1 aromatic rings. The molecule has 0 fully saturated rings. The quantitative estimate of drug-likeness (QED) is 0.882. The number of hydrogen-bond donors (Lipinski definition) is 2. The maximum Gasteiger partial charge on any atom is 0.317 e. The number of urea groups is 1. The third-order valence-electron chi connectivity index (χ3n) is 3.40. The Kier molecular flexibility index (Phi) is 5.69. The number of nitrogens with zero attached hydrogens (tertiary/aromatic N) is 1. The lowest BCUT2D eigenvalue weighted by Crippen LogP contribution is -2.42. The molecule has 0 spiro atoms. The number of aliphatic carboxylic acids is 1. The van der Waals surface area contributed by atoms with Gasteiger partial charge in [0, 0.05) is 19.6 Å². The zero-order valence-electron chi connectivity index (χ0n) is 11.8. The van der Waals surface area contributed by atoms with Crippen molar-refractivity contribution >= 4 is 40.8 Å². The number of carbonyl (C=O) groups is 2. The summed E-state index contributed by atoms with van der Waals surface area (Å²) >= 11 is 11.9. The number of carboxylic acids is 1. The molecule has 2 N–H and O–H groups in total. The van der Waals surface area contributed by atoms with Gasteiger partial charge in [-0.15, -0.1) is 0 Å². The van der Waals surface area contributed by atoms with Gasteiger partial charge in [0.15, 0.2) is 0 Å². The predicted molar refractivity (Wildman–Crippen MR) is 86.3 cm³/mol. The molecule has 0 unspecified atom stereocenters. The second-order valence-corrected chi connectivity index (χ2v) is 5.74. The molecule has 0 aliphatic carbocycles. The van der Waals surface area contributed by atoms with Crippen molar-refractivity contribution < 1.29 is 14.7 Å². The van der Waals surface area contributed by atoms with Crippen molar-refractivity contribution in [2.24, 2.45) is 0 Å². The van der Waals surface area contributed by atoms with Crippen LogP contribution < -0.4 is 5.32 Å². The van der Waals surface area contributed by atoms with E-state index in [1.54, 1.807) is 11.0 Å². The summed E-state index contributed by atoms with van der Waals surface area (Å²) < 4.78 is 0. The predicted octanol–water partition coefficient (Wildman–Crippen LogP) is 3.27. The minimum atomic E-state index is -0.930. The van der Waals surface area contributed by atoms with Gasteiger partial charge in [0.05, 0.1) is 16.5 Å². The molecule has 0 radical (unpaired) electrons. The van der Waals surface area contributed by atoms with Crippen molar-refractivity contribution in [1.82, 2.24) is 10.2 Å². The smallest absolute Gasteiger partial charge is 0.317 e. The van der Waals surface area contributed by atoms with Crippen LogP contribution in [0.5, 0.6) is 0 Å². The molecular formula is C15H16Cl2N2O3. The van der Waals surface area contributed by atoms with Gasteiger partial charge in [0.2, 0.25) is 0 Å². The van der Waals surface area contributed by atoms with Crippen molar-refractivity contribution in [3.63, 3.8) is 0 Å². The van der Waals surface area contributed by atoms with E-state index in [2.05, 4.69) is 5.32 Å². The van der Waals surface area contributed by atoms with E-state index < -0.39 is 5.97 Å². The van der Waals surface area contributed by atoms with Crippen LogP contribution in [-0.4, -0.2) is 41.6 Å². The van der Waals surface area contributed by atoms with Gasteiger partial charge in [-0.25, -0.2) is 4.79 Å². The molecule has 0 saturated carbocycles. The van der Waals surface area contributed by atoms with Crippen LogP contribution in [0.25, 0.3) is 5.57 Å². The van der Waals surface area contributed by atoms with E-state index in [1.807, 2.05) is 18.2 Å². The third-order valence-corrected chi connectivity index (χ3v) is 4.14. The maximum atomic E-state index is 11.9. The van der Waals surface area contributed by atoms with Gasteiger partial charge in [-0.3, -0.25) is 4.79 Å². The number of amides is 2. The number of rotatable bonds is 4. The lowest BCUT2D eigenvalue weighted by Gasteiger charge is -2.27. The Morgan fingerprint density at radius 2 is 2.05 bits per heavy atom. The van der Waals surface area contributed by atoms with E-state index in [0.717, 1.165) is 11.1 Å². The summed E-state index contributed by atoms with van der Waals surface area (Å²) in [7, 11) is 0. The van der Waals surface area contributed by atoms with Crippen molar-refractivity contribution in [2.75, 3.05) is 19.6 Å². The van der Waals surface area contributed by atoms with E-state index in [4.69, 9.17) is 28.3 Å². The summed E-state index contributed by atoms with van der Waals surface area (Å²) in [4.78, 5) is 23.9. The number of benzene rings is 1. The Morgan fingerprint density at radius 3 is 2.64 bits per heavy atom. The zero-order chi connectivity index (χ0) is 16.1. The fraction of sp³-hybridized carbons (Fsp3) is 0.333. The van der Waals surface area contributed by atoms with Gasteiger partial charge in [-0.1, -0.05) is 35.3 Å². The van der Waals surface area contributed by atoms with E-state index in [0.29, 0.717) is 29.6 Å². The van der Waals surface area contributed by atoms with Gasteiger partial charge in [0.25, 0.3) is 0 Å². The fourth-order valence-electron chi connectivity index (χ4n) is 2.20. The number of hydrogen-bond acceptors (Lipinski definition) is 2. The van der Waals surface area contributed by atoms with Gasteiger partial charge in [-0.05, 0) is 29.7 Å². The SMILES string of the molecule is O=C(O)CCNC(=O)N1CC=C(c2ccc(Cl)c(Cl)c2)CC1. The highest BCUT2D eigenvalue weighted by molar-refractivity contribution is 6.42. The van der Waals surface area contributed by atoms with E-state index >= 15 is 0 Å². The number of nitrogens with one attached hydrogen (secondary N) is 1. The summed E-state index contributed by atoms with van der Waals surface area (Å²) in [5, 5.41) is 12.2. The molecule has 22 heavy (non-hydrogen) atoms. The lowest BCUT2D eigenvalue weighted by atomic mass is 10.00. The van der Waals surface area contributed by atoms with Crippen LogP contribution in [0.2, 0.25) is 10.0 Å². The number of halogens is 2. The summed E-state index contributed by atoms with van der Waals surface area (Å²) in [6.45, 7) is 1.19. The second kappa shape index (κ2) is 7.51. The fourth-order valence-corrected chi connectivity index (χ4v) is 2.50. The molecule has 0 bridgehead atoms. The molecule has 5 nitrogen and oxygen atoms in total. The molecule has 0 aromatic heterocycles. The highest BCUT2D eigenvalue weighted by atomic mass is 35.5. The maximum absolute atomic E-state index is 11.9. The van der Waals surface area contributed by atoms with Gasteiger partial charge >= 0.3 is 12.0 Å². The standard InChI is InChI=1S/C15H16Cl2N2O3/c16-12-2-1-11(9-13(12)17)10-4-7-19(8-5-10)15(22)18-6-3-14(20)21/h1-2,4,9H,3,5-8H2,(H,18,22)(H,20,21). The molecule has 1 heterocycles. The van der Waals surface area contributed by atoms with Gasteiger partial charge < -0.3 is 15.3 Å². The average Bonchev–Trinajstić information content (AvgIpc) is 2.50. The third kappa shape index (κ3) is 4.39. The Balaban J connectivity index is 1.92. The van der Waals surface area contributed by atoms with Gasteiger partial charge in [0.1, 0.15) is 0 Å². The minimum Gasteiger partial charge on any atom is -0.481 e. The molecule has 2 rings (SSSR count). The van der Waals surface area contributed by atoms with Crippen LogP contribution in [0.1, 0.15) is 18.4 Å². The first kappa shape index (κ1) is 16.6. The Labute approximate surface area is 138 Å². The Hall–Kier alpha value is -1.72. The van der Waals surface area contributed by atoms with Crippen LogP contribution in [0, 0.1) is 0 Å². The highest BCUT2D eigenvalue weighted by Crippen LogP contribution is 2.29. The molecular weight excluding hydrogens is 327 g/mol. The molecule has 1 aliphatic rings. The summed E-state index contributed by atoms with van der Waals surface area (Å²) in [6, 6.07) is 5.23. The number of carbonyl (C=O) groups excluding carboxylic acids is 1. The van der Waals surface area contributed by atoms with Crippen molar-refractivity contribution in [3.8, 4) is 0 Å². The molecule has 2 amide bonds. The zero-order valence-corrected chi connectivity index (χ0v) is 13.3. The molecule has 118 valence electrons. The summed E-state index contributed by atoms with van der Waals surface area (Å²) in [5.41, 5.74) is 2.12. The number of carboxylic acid groups (broad SMARTS) is 1. The average molecular weight is 343 g/mol. The van der Waals surface area contributed by atoms with E-state index in [1.165, 1.54) is 0 Å². The Morgan fingerprint density at radius 1 is 1.27 bits per heavy atom. The van der Waals surface area contributed by atoms with Crippen LogP contribution >= 0.6 is 23.2 Å². The molecule has 1 aliphatic heterocycles. The summed E-state index contributed by atoms with van der Waals surface area (Å²) in [5.74, 6) is -0.930. The van der Waals surface area contributed by atoms with Crippen LogP contribution in [-0.2, 0) is 4.79 Å². The second-order valence-electron chi connectivity index (χ2n) is 4.93. The van der Waals surface area contributed by atoms with Crippen LogP contribution in [0.4, 0.5) is 4.79 Å². The lowest BCUT2D eigenvalue weighted by molar-refractivity contribution is -0.136. The van der Waals surface area contributed by atoms with Crippen molar-refractivity contribution in [1.29, 1.82) is 0 Å². The molecule has 0 atom stereocenters. The first-order valence-electron chi connectivity index (χ1n) is 6.86. The van der Waals surface area contributed by atoms with E-state index in [9.17, 15) is 9.59 Å². The van der Waals surface area contributed by atoms with E-state index in [-0.39, 0.29) is 19.0 Å². The van der Waals surface area contributed by atoms with Crippen LogP contribution in [0.15, 0.2) is 24.3 Å². The topological polar surface area (TPSA) is 69.6 Å². The van der Waals surface area contributed by atoms with Gasteiger partial charge in [-0.2, -0.15) is 0 Å². The monoisotopic (exact) mass is 342 g/mol. The highest BCUT2D eigenvalue weighted by Gasteiger charge is 2.18. The molecule has 0 saturated heterocycles. The Bertz CT molecular complexity index is 617. The van der Waals surface area contributed by atoms with Crippen LogP contribution in [0.3, 0.4) is 0 Å².